The number of carbonyl (C=O) groups excluding carboxylic acids is 1. The number of carbonyl (C=O) groups is 1. The van der Waals surface area contributed by atoms with Gasteiger partial charge in [-0.25, -0.2) is 0 Å². The summed E-state index contributed by atoms with van der Waals surface area (Å²) in [6.07, 6.45) is 0. The van der Waals surface area contributed by atoms with E-state index in [1.165, 1.54) is 0 Å². The molecule has 0 atom stereocenters. The van der Waals surface area contributed by atoms with Gasteiger partial charge in [-0.3, -0.25) is 4.79 Å². The predicted molar refractivity (Wildman–Crippen MR) is 113 cm³/mol. The van der Waals surface area contributed by atoms with Crippen molar-refractivity contribution in [1.82, 2.24) is 0 Å². The maximum absolute atomic E-state index is 13.5. The van der Waals surface area contributed by atoms with Crippen molar-refractivity contribution in [2.45, 2.75) is 13.8 Å². The van der Waals surface area contributed by atoms with Gasteiger partial charge in [0.15, 0.2) is 5.78 Å². The van der Waals surface area contributed by atoms with Crippen molar-refractivity contribution in [3.05, 3.63) is 89.0 Å². The molecule has 3 aromatic carbocycles. The fourth-order valence-corrected chi connectivity index (χ4v) is 4.67. The number of ketones is 1. The van der Waals surface area contributed by atoms with E-state index in [-0.39, 0.29) is 5.78 Å². The lowest BCUT2D eigenvalue weighted by atomic mass is 9.95. The Labute approximate surface area is 163 Å². The number of hydrogen-bond acceptors (Lipinski definition) is 3. The average Bonchev–Trinajstić information content (AvgIpc) is 3.06. The van der Waals surface area contributed by atoms with Crippen LogP contribution in [0.1, 0.15) is 27.0 Å². The summed E-state index contributed by atoms with van der Waals surface area (Å²) in [6.45, 7) is 4.06. The number of rotatable bonds is 4. The lowest BCUT2D eigenvalue weighted by Gasteiger charge is -2.08. The fraction of sp³-hybridized carbons (Fsp3) is 0.125. The summed E-state index contributed by atoms with van der Waals surface area (Å²) in [4.78, 5) is 14.5. The van der Waals surface area contributed by atoms with Gasteiger partial charge in [-0.05, 0) is 61.9 Å². The summed E-state index contributed by atoms with van der Waals surface area (Å²) < 4.78 is 6.40. The highest BCUT2D eigenvalue weighted by molar-refractivity contribution is 7.22. The largest absolute Gasteiger partial charge is 0.497 e. The van der Waals surface area contributed by atoms with Gasteiger partial charge >= 0.3 is 0 Å². The highest BCUT2D eigenvalue weighted by Crippen LogP contribution is 2.40. The zero-order chi connectivity index (χ0) is 19.0. The quantitative estimate of drug-likeness (QED) is 0.386. The minimum Gasteiger partial charge on any atom is -0.497 e. The predicted octanol–water partition coefficient (Wildman–Crippen LogP) is 6.42. The van der Waals surface area contributed by atoms with Gasteiger partial charge in [0.25, 0.3) is 0 Å². The third-order valence-electron chi connectivity index (χ3n) is 4.66. The van der Waals surface area contributed by atoms with E-state index in [0.717, 1.165) is 48.5 Å². The smallest absolute Gasteiger partial charge is 0.195 e. The van der Waals surface area contributed by atoms with Crippen molar-refractivity contribution in [2.24, 2.45) is 0 Å². The second-order valence-corrected chi connectivity index (χ2v) is 7.79. The number of hydrogen-bond donors (Lipinski definition) is 0. The molecular formula is C24H20O2S. The number of benzene rings is 3. The molecule has 4 aromatic rings. The molecule has 3 heteroatoms. The first-order valence-electron chi connectivity index (χ1n) is 8.86. The number of thiophene rings is 1. The van der Waals surface area contributed by atoms with Crippen LogP contribution in [-0.4, -0.2) is 12.9 Å². The van der Waals surface area contributed by atoms with Crippen LogP contribution >= 0.6 is 11.3 Å². The zero-order valence-electron chi connectivity index (χ0n) is 15.6. The van der Waals surface area contributed by atoms with Crippen molar-refractivity contribution >= 4 is 27.2 Å². The molecule has 0 amide bonds. The molecule has 4 rings (SSSR count). The van der Waals surface area contributed by atoms with Gasteiger partial charge < -0.3 is 4.74 Å². The molecule has 0 radical (unpaired) electrons. The number of fused-ring (bicyclic) bond motifs is 1. The van der Waals surface area contributed by atoms with E-state index in [1.54, 1.807) is 18.4 Å². The van der Waals surface area contributed by atoms with Crippen LogP contribution in [0.25, 0.3) is 20.5 Å². The highest BCUT2D eigenvalue weighted by atomic mass is 32.1. The van der Waals surface area contributed by atoms with Crippen LogP contribution in [0, 0.1) is 13.8 Å². The van der Waals surface area contributed by atoms with E-state index in [2.05, 4.69) is 12.1 Å². The maximum Gasteiger partial charge on any atom is 0.195 e. The molecule has 1 heterocycles. The van der Waals surface area contributed by atoms with E-state index in [0.29, 0.717) is 0 Å². The van der Waals surface area contributed by atoms with Crippen molar-refractivity contribution in [1.29, 1.82) is 0 Å². The van der Waals surface area contributed by atoms with Gasteiger partial charge in [-0.1, -0.05) is 35.4 Å². The Morgan fingerprint density at radius 3 is 2.22 bits per heavy atom. The average molecular weight is 372 g/mol. The van der Waals surface area contributed by atoms with Crippen LogP contribution < -0.4 is 4.74 Å². The normalized spacial score (nSPS) is 10.9. The molecule has 0 saturated carbocycles. The molecule has 2 nitrogen and oxygen atoms in total. The molecule has 1 aromatic heterocycles. The van der Waals surface area contributed by atoms with Crippen LogP contribution in [0.2, 0.25) is 0 Å². The van der Waals surface area contributed by atoms with Crippen molar-refractivity contribution in [3.63, 3.8) is 0 Å². The summed E-state index contributed by atoms with van der Waals surface area (Å²) in [5.74, 6) is 0.882. The first kappa shape index (κ1) is 17.5. The second-order valence-electron chi connectivity index (χ2n) is 6.74. The Morgan fingerprint density at radius 2 is 1.56 bits per heavy atom. The SMILES string of the molecule is COc1ccc(-c2sc3ccccc3c2C(=O)c2cc(C)cc(C)c2)cc1. The molecule has 27 heavy (non-hydrogen) atoms. The topological polar surface area (TPSA) is 26.3 Å². The minimum atomic E-state index is 0.0741. The van der Waals surface area contributed by atoms with Crippen LogP contribution in [0.4, 0.5) is 0 Å². The monoisotopic (exact) mass is 372 g/mol. The molecule has 0 unspecified atom stereocenters. The van der Waals surface area contributed by atoms with Gasteiger partial charge in [0.05, 0.1) is 7.11 Å². The first-order chi connectivity index (χ1) is 13.1. The maximum atomic E-state index is 13.5. The fourth-order valence-electron chi connectivity index (χ4n) is 3.47. The minimum absolute atomic E-state index is 0.0741. The second kappa shape index (κ2) is 7.01. The molecule has 0 bridgehead atoms. The first-order valence-corrected chi connectivity index (χ1v) is 9.67. The van der Waals surface area contributed by atoms with Gasteiger partial charge in [-0.15, -0.1) is 11.3 Å². The Bertz CT molecular complexity index is 1120. The lowest BCUT2D eigenvalue weighted by molar-refractivity contribution is 0.104. The standard InChI is InChI=1S/C24H20O2S/c1-15-12-16(2)14-18(13-15)23(25)22-20-6-4-5-7-21(20)27-24(22)17-8-10-19(26-3)11-9-17/h4-14H,1-3H3. The van der Waals surface area contributed by atoms with E-state index < -0.39 is 0 Å². The molecule has 0 aliphatic rings. The Hall–Kier alpha value is -2.91. The van der Waals surface area contributed by atoms with Gasteiger partial charge in [0.2, 0.25) is 0 Å². The molecule has 0 N–H and O–H groups in total. The van der Waals surface area contributed by atoms with Gasteiger partial charge in [-0.2, -0.15) is 0 Å². The number of ether oxygens (including phenoxy) is 1. The van der Waals surface area contributed by atoms with E-state index in [9.17, 15) is 4.79 Å². The molecular weight excluding hydrogens is 352 g/mol. The van der Waals surface area contributed by atoms with Gasteiger partial charge in [0, 0.05) is 26.1 Å². The molecule has 0 aliphatic heterocycles. The van der Waals surface area contributed by atoms with E-state index in [4.69, 9.17) is 4.74 Å². The Balaban J connectivity index is 1.93. The number of methoxy groups -OCH3 is 1. The zero-order valence-corrected chi connectivity index (χ0v) is 16.4. The van der Waals surface area contributed by atoms with Crippen molar-refractivity contribution < 1.29 is 9.53 Å². The van der Waals surface area contributed by atoms with Crippen molar-refractivity contribution in [3.8, 4) is 16.2 Å². The molecule has 0 saturated heterocycles. The summed E-state index contributed by atoms with van der Waals surface area (Å²) in [7, 11) is 1.66. The molecule has 0 aliphatic carbocycles. The Kier molecular flexibility index (Phi) is 4.54. The van der Waals surface area contributed by atoms with E-state index in [1.807, 2.05) is 68.4 Å². The van der Waals surface area contributed by atoms with Crippen LogP contribution in [0.5, 0.6) is 5.75 Å². The lowest BCUT2D eigenvalue weighted by Crippen LogP contribution is -2.03. The van der Waals surface area contributed by atoms with Crippen LogP contribution in [0.3, 0.4) is 0 Å². The Morgan fingerprint density at radius 1 is 0.889 bits per heavy atom. The van der Waals surface area contributed by atoms with Crippen LogP contribution in [0.15, 0.2) is 66.7 Å². The summed E-state index contributed by atoms with van der Waals surface area (Å²) in [5, 5.41) is 1.01. The molecule has 0 fully saturated rings. The third kappa shape index (κ3) is 3.26. The van der Waals surface area contributed by atoms with Gasteiger partial charge in [0.1, 0.15) is 5.75 Å². The summed E-state index contributed by atoms with van der Waals surface area (Å²) in [5.41, 5.74) is 4.76. The highest BCUT2D eigenvalue weighted by Gasteiger charge is 2.21. The molecule has 0 spiro atoms. The third-order valence-corrected chi connectivity index (χ3v) is 5.88. The van der Waals surface area contributed by atoms with Crippen LogP contribution in [-0.2, 0) is 0 Å². The van der Waals surface area contributed by atoms with E-state index >= 15 is 0 Å². The summed E-state index contributed by atoms with van der Waals surface area (Å²) in [6, 6.07) is 22.1. The van der Waals surface area contributed by atoms with Crippen molar-refractivity contribution in [2.75, 3.05) is 7.11 Å². The number of aryl methyl sites for hydroxylation is 2. The summed E-state index contributed by atoms with van der Waals surface area (Å²) >= 11 is 1.66. The molecule has 134 valence electrons.